The zero-order chi connectivity index (χ0) is 36.8. The first kappa shape index (κ1) is 33.0. The summed E-state index contributed by atoms with van der Waals surface area (Å²) < 4.78 is 12.7. The highest BCUT2D eigenvalue weighted by Gasteiger charge is 2.16. The number of rotatable bonds is 6. The Balaban J connectivity index is 1.19. The van der Waals surface area contributed by atoms with Gasteiger partial charge in [0.05, 0.1) is 0 Å². The van der Waals surface area contributed by atoms with Gasteiger partial charge in [0.1, 0.15) is 22.3 Å². The molecule has 0 amide bonds. The van der Waals surface area contributed by atoms with Gasteiger partial charge in [-0.15, -0.1) is 0 Å². The first-order valence-electron chi connectivity index (χ1n) is 18.3. The Morgan fingerprint density at radius 2 is 1.13 bits per heavy atom. The van der Waals surface area contributed by atoms with Gasteiger partial charge >= 0.3 is 0 Å². The van der Waals surface area contributed by atoms with Crippen LogP contribution in [0.15, 0.2) is 186 Å². The quantitative estimate of drug-likeness (QED) is 0.162. The maximum absolute atomic E-state index is 6.45. The van der Waals surface area contributed by atoms with Crippen LogP contribution in [-0.2, 0) is 0 Å². The van der Waals surface area contributed by atoms with E-state index >= 15 is 0 Å². The van der Waals surface area contributed by atoms with Gasteiger partial charge in [0.25, 0.3) is 0 Å². The average Bonchev–Trinajstić information content (AvgIpc) is 3.78. The van der Waals surface area contributed by atoms with Crippen molar-refractivity contribution in [1.82, 2.24) is 0 Å². The number of hydrogen-bond acceptors (Lipinski definition) is 2. The molecule has 0 aliphatic carbocycles. The fourth-order valence-corrected chi connectivity index (χ4v) is 7.91. The van der Waals surface area contributed by atoms with Crippen LogP contribution in [0.4, 0.5) is 0 Å². The monoisotopic (exact) mass is 694 g/mol. The summed E-state index contributed by atoms with van der Waals surface area (Å²) in [6, 6.07) is 53.0. The molecular weight excluding hydrogens is 657 g/mol. The Kier molecular flexibility index (Phi) is 8.29. The minimum atomic E-state index is 0.869. The van der Waals surface area contributed by atoms with Gasteiger partial charge < -0.3 is 8.83 Å². The predicted molar refractivity (Wildman–Crippen MR) is 232 cm³/mol. The largest absolute Gasteiger partial charge is 0.456 e. The number of fused-ring (bicyclic) bond motifs is 9. The predicted octanol–water partition coefficient (Wildman–Crippen LogP) is 15.1. The van der Waals surface area contributed by atoms with Crippen LogP contribution in [0.25, 0.3) is 88.2 Å². The van der Waals surface area contributed by atoms with Crippen LogP contribution in [0.2, 0.25) is 0 Å². The molecule has 2 heteroatoms. The summed E-state index contributed by atoms with van der Waals surface area (Å²) in [5.41, 5.74) is 12.2. The minimum Gasteiger partial charge on any atom is -0.456 e. The van der Waals surface area contributed by atoms with Crippen molar-refractivity contribution in [3.05, 3.63) is 205 Å². The molecule has 0 aliphatic rings. The molecule has 2 heterocycles. The lowest BCUT2D eigenvalue weighted by molar-refractivity contribution is 0.668. The molecule has 0 saturated heterocycles. The summed E-state index contributed by atoms with van der Waals surface area (Å²) in [6.45, 7) is 13.0. The van der Waals surface area contributed by atoms with Crippen molar-refractivity contribution in [3.63, 3.8) is 0 Å². The van der Waals surface area contributed by atoms with Gasteiger partial charge in [-0.1, -0.05) is 147 Å². The number of hydrogen-bond donors (Lipinski definition) is 0. The summed E-state index contributed by atoms with van der Waals surface area (Å²) >= 11 is 0. The minimum absolute atomic E-state index is 0.869. The molecule has 0 fully saturated rings. The molecule has 7 aromatic carbocycles. The van der Waals surface area contributed by atoms with Crippen LogP contribution < -0.4 is 0 Å². The van der Waals surface area contributed by atoms with E-state index in [4.69, 9.17) is 8.83 Å². The van der Waals surface area contributed by atoms with Crippen LogP contribution in [-0.4, -0.2) is 0 Å². The molecule has 0 saturated carbocycles. The molecule has 54 heavy (non-hydrogen) atoms. The molecule has 0 N–H and O–H groups in total. The lowest BCUT2D eigenvalue weighted by Crippen LogP contribution is -1.91. The third kappa shape index (κ3) is 5.60. The third-order valence-corrected chi connectivity index (χ3v) is 10.6. The molecule has 0 radical (unpaired) electrons. The van der Waals surface area contributed by atoms with Crippen LogP contribution in [0, 0.1) is 0 Å². The van der Waals surface area contributed by atoms with Crippen LogP contribution in [0.5, 0.6) is 0 Å². The van der Waals surface area contributed by atoms with Crippen LogP contribution in [0.3, 0.4) is 0 Å². The molecule has 258 valence electrons. The van der Waals surface area contributed by atoms with E-state index in [1.54, 1.807) is 0 Å². The van der Waals surface area contributed by atoms with Gasteiger partial charge in [-0.25, -0.2) is 0 Å². The number of benzene rings is 6. The molecule has 0 aliphatic heterocycles. The Labute approximate surface area is 314 Å². The average molecular weight is 695 g/mol. The Bertz CT molecular complexity index is 3100. The van der Waals surface area contributed by atoms with Crippen molar-refractivity contribution in [1.29, 1.82) is 0 Å². The second-order valence-corrected chi connectivity index (χ2v) is 13.7. The molecule has 0 atom stereocenters. The summed E-state index contributed by atoms with van der Waals surface area (Å²) in [7, 11) is 0. The molecule has 9 aromatic rings. The topological polar surface area (TPSA) is 26.3 Å². The van der Waals surface area contributed by atoms with Crippen LogP contribution >= 0.6 is 0 Å². The van der Waals surface area contributed by atoms with Crippen molar-refractivity contribution < 1.29 is 8.83 Å². The maximum atomic E-state index is 6.45. The van der Waals surface area contributed by atoms with Crippen molar-refractivity contribution in [2.24, 2.45) is 0 Å². The summed E-state index contributed by atoms with van der Waals surface area (Å²) in [4.78, 5) is 0. The molecule has 9 rings (SSSR count). The number of para-hydroxylation sites is 1. The maximum Gasteiger partial charge on any atom is 0.136 e. The van der Waals surface area contributed by atoms with E-state index in [1.807, 2.05) is 24.3 Å². The second kappa shape index (κ2) is 13.6. The summed E-state index contributed by atoms with van der Waals surface area (Å²) in [6.07, 6.45) is 6.38. The van der Waals surface area contributed by atoms with E-state index in [0.717, 1.165) is 110 Å². The van der Waals surface area contributed by atoms with E-state index < -0.39 is 0 Å². The van der Waals surface area contributed by atoms with E-state index in [0.29, 0.717) is 0 Å². The van der Waals surface area contributed by atoms with Gasteiger partial charge in [-0.2, -0.15) is 0 Å². The molecule has 0 spiro atoms. The fraction of sp³-hybridized carbons (Fsp3) is 0.0385. The van der Waals surface area contributed by atoms with E-state index in [-0.39, 0.29) is 0 Å². The molecule has 2 nitrogen and oxygen atoms in total. The van der Waals surface area contributed by atoms with Gasteiger partial charge in [-0.05, 0) is 116 Å². The highest BCUT2D eigenvalue weighted by molar-refractivity contribution is 6.22. The first-order chi connectivity index (χ1) is 26.5. The lowest BCUT2D eigenvalue weighted by atomic mass is 9.90. The zero-order valence-corrected chi connectivity index (χ0v) is 30.4. The first-order valence-corrected chi connectivity index (χ1v) is 18.3. The second-order valence-electron chi connectivity index (χ2n) is 13.7. The normalized spacial score (nSPS) is 12.3. The van der Waals surface area contributed by atoms with Crippen LogP contribution in [0.1, 0.15) is 41.7 Å². The van der Waals surface area contributed by atoms with E-state index in [1.165, 1.54) is 0 Å². The summed E-state index contributed by atoms with van der Waals surface area (Å²) in [5.74, 6) is 0. The van der Waals surface area contributed by atoms with Gasteiger partial charge in [0.15, 0.2) is 0 Å². The highest BCUT2D eigenvalue weighted by atomic mass is 16.3. The third-order valence-electron chi connectivity index (χ3n) is 10.6. The zero-order valence-electron chi connectivity index (χ0n) is 30.4. The molecular formula is C52H38O2. The van der Waals surface area contributed by atoms with Crippen molar-refractivity contribution in [3.8, 4) is 0 Å². The van der Waals surface area contributed by atoms with Crippen molar-refractivity contribution in [2.45, 2.75) is 13.8 Å². The summed E-state index contributed by atoms with van der Waals surface area (Å²) in [5, 5.41) is 9.00. The van der Waals surface area contributed by atoms with E-state index in [9.17, 15) is 0 Å². The van der Waals surface area contributed by atoms with Crippen molar-refractivity contribution in [2.75, 3.05) is 0 Å². The smallest absolute Gasteiger partial charge is 0.136 e. The number of furan rings is 2. The highest BCUT2D eigenvalue weighted by Crippen LogP contribution is 2.40. The molecule has 0 unspecified atom stereocenters. The van der Waals surface area contributed by atoms with Crippen molar-refractivity contribution >= 4 is 88.2 Å². The van der Waals surface area contributed by atoms with Gasteiger partial charge in [0.2, 0.25) is 0 Å². The standard InChI is InChI=1S/C52H38O2/c1-5-35-17-11-12-19-40(35)34(4)41-20-10-8-7-9-18-39(42-21-13-14-22-43(41)42)33(3)29-36(6-2)37-25-27-49-46(30-37)47-32-45-38(31-51(47)54-49)26-28-50-52(45)44-23-15-16-24-48(44)53-50/h5-32H,1,4H2,2-3H3/b8-7?,9-7?,10-8?,18-9?,20-10?,33-29+,36-6+,39-18?,41-20?,42-39?,43-41?. The SMILES string of the molecule is C=Cc1ccccc1C(=C)c1ccccccc(/C(C)=C/C(=C\C)c2ccc3oc4cc5ccc6oc7ccccc7c6c5cc4c3c2)c2ccccc12. The van der Waals surface area contributed by atoms with E-state index in [2.05, 4.69) is 173 Å². The molecule has 0 bridgehead atoms. The fourth-order valence-electron chi connectivity index (χ4n) is 7.91. The van der Waals surface area contributed by atoms with Gasteiger partial charge in [0, 0.05) is 21.5 Å². The lowest BCUT2D eigenvalue weighted by Gasteiger charge is -2.13. The Morgan fingerprint density at radius 1 is 0.519 bits per heavy atom. The molecule has 2 aromatic heterocycles. The number of allylic oxidation sites excluding steroid dienone is 4. The Morgan fingerprint density at radius 3 is 1.93 bits per heavy atom. The van der Waals surface area contributed by atoms with Gasteiger partial charge in [-0.3, -0.25) is 0 Å². The Hall–Kier alpha value is -6.90.